The number of thioether (sulfide) groups is 1. The summed E-state index contributed by atoms with van der Waals surface area (Å²) in [6.07, 6.45) is 3.88. The first-order valence-corrected chi connectivity index (χ1v) is 8.38. The van der Waals surface area contributed by atoms with Gasteiger partial charge < -0.3 is 15.4 Å². The summed E-state index contributed by atoms with van der Waals surface area (Å²) in [6, 6.07) is 0.181. The van der Waals surface area contributed by atoms with E-state index < -0.39 is 0 Å². The molecular weight excluding hydrogens is 286 g/mol. The summed E-state index contributed by atoms with van der Waals surface area (Å²) in [6.45, 7) is 4.34. The van der Waals surface area contributed by atoms with E-state index in [0.29, 0.717) is 12.6 Å². The van der Waals surface area contributed by atoms with Crippen LogP contribution >= 0.6 is 11.8 Å². The maximum atomic E-state index is 11.9. The molecule has 21 heavy (non-hydrogen) atoms. The number of hydrogen-bond acceptors (Lipinski definition) is 4. The SMILES string of the molecule is COc1c(C)cnc(CNC(=O)NC2CCSCC2)c1C. The summed E-state index contributed by atoms with van der Waals surface area (Å²) in [7, 11) is 1.65. The van der Waals surface area contributed by atoms with Crippen LogP contribution in [0.5, 0.6) is 5.75 Å². The monoisotopic (exact) mass is 309 g/mol. The van der Waals surface area contributed by atoms with Gasteiger partial charge in [0, 0.05) is 23.4 Å². The lowest BCUT2D eigenvalue weighted by Crippen LogP contribution is -2.43. The first kappa shape index (κ1) is 15.9. The van der Waals surface area contributed by atoms with Gasteiger partial charge in [0.05, 0.1) is 19.3 Å². The Morgan fingerprint density at radius 3 is 2.81 bits per heavy atom. The fourth-order valence-electron chi connectivity index (χ4n) is 2.49. The molecule has 2 rings (SSSR count). The van der Waals surface area contributed by atoms with Crippen molar-refractivity contribution in [3.05, 3.63) is 23.0 Å². The highest BCUT2D eigenvalue weighted by atomic mass is 32.2. The largest absolute Gasteiger partial charge is 0.496 e. The Morgan fingerprint density at radius 1 is 1.43 bits per heavy atom. The van der Waals surface area contributed by atoms with Gasteiger partial charge >= 0.3 is 6.03 Å². The molecule has 1 aromatic heterocycles. The van der Waals surface area contributed by atoms with Gasteiger partial charge in [-0.2, -0.15) is 11.8 Å². The first-order chi connectivity index (χ1) is 10.1. The molecule has 0 spiro atoms. The highest BCUT2D eigenvalue weighted by Gasteiger charge is 2.16. The standard InChI is InChI=1S/C15H23N3O2S/c1-10-8-16-13(11(2)14(10)20-3)9-17-15(19)18-12-4-6-21-7-5-12/h8,12H,4-7,9H2,1-3H3,(H2,17,18,19). The van der Waals surface area contributed by atoms with Crippen molar-refractivity contribution < 1.29 is 9.53 Å². The van der Waals surface area contributed by atoms with Gasteiger partial charge in [-0.3, -0.25) is 4.98 Å². The number of carbonyl (C=O) groups excluding carboxylic acids is 1. The Kier molecular flexibility index (Phi) is 5.73. The fourth-order valence-corrected chi connectivity index (χ4v) is 3.60. The molecule has 0 unspecified atom stereocenters. The van der Waals surface area contributed by atoms with Gasteiger partial charge in [-0.05, 0) is 38.2 Å². The van der Waals surface area contributed by atoms with Crippen LogP contribution in [-0.4, -0.2) is 35.7 Å². The lowest BCUT2D eigenvalue weighted by molar-refractivity contribution is 0.235. The molecule has 2 heterocycles. The molecule has 0 atom stereocenters. The third kappa shape index (κ3) is 4.27. The van der Waals surface area contributed by atoms with Crippen molar-refractivity contribution >= 4 is 17.8 Å². The second-order valence-corrected chi connectivity index (χ2v) is 6.48. The Bertz CT molecular complexity index is 502. The zero-order valence-electron chi connectivity index (χ0n) is 12.9. The molecule has 0 radical (unpaired) electrons. The minimum atomic E-state index is -0.118. The number of methoxy groups -OCH3 is 1. The van der Waals surface area contributed by atoms with E-state index in [1.807, 2.05) is 25.6 Å². The summed E-state index contributed by atoms with van der Waals surface area (Å²) < 4.78 is 5.37. The summed E-state index contributed by atoms with van der Waals surface area (Å²) >= 11 is 1.95. The molecular formula is C15H23N3O2S. The van der Waals surface area contributed by atoms with E-state index in [1.165, 1.54) is 0 Å². The second-order valence-electron chi connectivity index (χ2n) is 5.26. The molecule has 0 aromatic carbocycles. The minimum absolute atomic E-state index is 0.118. The number of urea groups is 1. The van der Waals surface area contributed by atoms with E-state index in [0.717, 1.165) is 46.9 Å². The van der Waals surface area contributed by atoms with Crippen LogP contribution in [0.15, 0.2) is 6.20 Å². The van der Waals surface area contributed by atoms with Crippen molar-refractivity contribution in [3.63, 3.8) is 0 Å². The Labute approximate surface area is 130 Å². The van der Waals surface area contributed by atoms with Crippen LogP contribution in [0.25, 0.3) is 0 Å². The number of aryl methyl sites for hydroxylation is 1. The predicted octanol–water partition coefficient (Wildman–Crippen LogP) is 2.40. The minimum Gasteiger partial charge on any atom is -0.496 e. The number of nitrogens with zero attached hydrogens (tertiary/aromatic N) is 1. The summed E-state index contributed by atoms with van der Waals surface area (Å²) in [5.41, 5.74) is 2.82. The average molecular weight is 309 g/mol. The van der Waals surface area contributed by atoms with E-state index >= 15 is 0 Å². The smallest absolute Gasteiger partial charge is 0.315 e. The van der Waals surface area contributed by atoms with E-state index in [-0.39, 0.29) is 6.03 Å². The van der Waals surface area contributed by atoms with Crippen molar-refractivity contribution in [2.45, 2.75) is 39.3 Å². The summed E-state index contributed by atoms with van der Waals surface area (Å²) in [5.74, 6) is 3.09. The highest BCUT2D eigenvalue weighted by molar-refractivity contribution is 7.99. The van der Waals surface area contributed by atoms with E-state index in [1.54, 1.807) is 13.3 Å². The van der Waals surface area contributed by atoms with Crippen LogP contribution in [0.4, 0.5) is 4.79 Å². The van der Waals surface area contributed by atoms with E-state index in [2.05, 4.69) is 15.6 Å². The molecule has 2 amide bonds. The number of rotatable bonds is 4. The number of amides is 2. The number of carbonyl (C=O) groups is 1. The van der Waals surface area contributed by atoms with Crippen LogP contribution < -0.4 is 15.4 Å². The molecule has 1 aliphatic heterocycles. The summed E-state index contributed by atoms with van der Waals surface area (Å²) in [5, 5.41) is 5.91. The fraction of sp³-hybridized carbons (Fsp3) is 0.600. The number of nitrogens with one attached hydrogen (secondary N) is 2. The third-order valence-corrected chi connectivity index (χ3v) is 4.77. The molecule has 1 fully saturated rings. The van der Waals surface area contributed by atoms with Gasteiger partial charge in [-0.25, -0.2) is 4.79 Å². The maximum absolute atomic E-state index is 11.9. The van der Waals surface area contributed by atoms with Crippen LogP contribution in [0.2, 0.25) is 0 Å². The predicted molar refractivity (Wildman–Crippen MR) is 86.0 cm³/mol. The Morgan fingerprint density at radius 2 is 2.14 bits per heavy atom. The van der Waals surface area contributed by atoms with Gasteiger partial charge in [-0.1, -0.05) is 0 Å². The van der Waals surface area contributed by atoms with Gasteiger partial charge in [0.2, 0.25) is 0 Å². The second kappa shape index (κ2) is 7.54. The molecule has 1 aliphatic rings. The Hall–Kier alpha value is -1.43. The highest BCUT2D eigenvalue weighted by Crippen LogP contribution is 2.23. The van der Waals surface area contributed by atoms with Crippen molar-refractivity contribution in [1.29, 1.82) is 0 Å². The number of ether oxygens (including phenoxy) is 1. The zero-order chi connectivity index (χ0) is 15.2. The number of aromatic nitrogens is 1. The van der Waals surface area contributed by atoms with E-state index in [4.69, 9.17) is 4.74 Å². The van der Waals surface area contributed by atoms with Gasteiger partial charge in [0.1, 0.15) is 5.75 Å². The van der Waals surface area contributed by atoms with Crippen LogP contribution in [0.1, 0.15) is 29.7 Å². The average Bonchev–Trinajstić information content (AvgIpc) is 2.48. The van der Waals surface area contributed by atoms with Gasteiger partial charge in [0.15, 0.2) is 0 Å². The van der Waals surface area contributed by atoms with Crippen molar-refractivity contribution in [2.75, 3.05) is 18.6 Å². The van der Waals surface area contributed by atoms with Crippen molar-refractivity contribution in [3.8, 4) is 5.75 Å². The van der Waals surface area contributed by atoms with Gasteiger partial charge in [-0.15, -0.1) is 0 Å². The molecule has 6 heteroatoms. The molecule has 116 valence electrons. The quantitative estimate of drug-likeness (QED) is 0.896. The molecule has 1 saturated heterocycles. The van der Waals surface area contributed by atoms with Crippen LogP contribution in [0.3, 0.4) is 0 Å². The number of hydrogen-bond donors (Lipinski definition) is 2. The molecule has 5 nitrogen and oxygen atoms in total. The Balaban J connectivity index is 1.89. The van der Waals surface area contributed by atoms with Crippen LogP contribution in [0, 0.1) is 13.8 Å². The molecule has 0 bridgehead atoms. The zero-order valence-corrected chi connectivity index (χ0v) is 13.7. The van der Waals surface area contributed by atoms with Gasteiger partial charge in [0.25, 0.3) is 0 Å². The lowest BCUT2D eigenvalue weighted by atomic mass is 10.1. The topological polar surface area (TPSA) is 63.2 Å². The molecule has 1 aromatic rings. The van der Waals surface area contributed by atoms with Crippen molar-refractivity contribution in [1.82, 2.24) is 15.6 Å². The van der Waals surface area contributed by atoms with Crippen molar-refractivity contribution in [2.24, 2.45) is 0 Å². The summed E-state index contributed by atoms with van der Waals surface area (Å²) in [4.78, 5) is 16.3. The first-order valence-electron chi connectivity index (χ1n) is 7.23. The molecule has 0 saturated carbocycles. The molecule has 2 N–H and O–H groups in total. The van der Waals surface area contributed by atoms with E-state index in [9.17, 15) is 4.79 Å². The maximum Gasteiger partial charge on any atom is 0.315 e. The lowest BCUT2D eigenvalue weighted by Gasteiger charge is -2.22. The normalized spacial score (nSPS) is 15.6. The molecule has 0 aliphatic carbocycles. The number of pyridine rings is 1. The van der Waals surface area contributed by atoms with Crippen LogP contribution in [-0.2, 0) is 6.54 Å². The third-order valence-electron chi connectivity index (χ3n) is 3.72.